The number of aliphatic hydroxyl groups is 1. The van der Waals surface area contributed by atoms with Gasteiger partial charge in [-0.05, 0) is 31.9 Å². The summed E-state index contributed by atoms with van der Waals surface area (Å²) in [5.74, 6) is 0. The van der Waals surface area contributed by atoms with E-state index in [1.165, 1.54) is 4.88 Å². The summed E-state index contributed by atoms with van der Waals surface area (Å²) in [5, 5.41) is 15.3. The van der Waals surface area contributed by atoms with Crippen LogP contribution in [0.25, 0.3) is 0 Å². The van der Waals surface area contributed by atoms with E-state index in [0.29, 0.717) is 6.54 Å². The highest BCUT2D eigenvalue weighted by Crippen LogP contribution is 2.37. The summed E-state index contributed by atoms with van der Waals surface area (Å²) >= 11 is 1.69. The maximum absolute atomic E-state index is 11.9. The summed E-state index contributed by atoms with van der Waals surface area (Å²) in [7, 11) is 0. The van der Waals surface area contributed by atoms with Gasteiger partial charge in [-0.3, -0.25) is 0 Å². The van der Waals surface area contributed by atoms with Crippen molar-refractivity contribution in [3.8, 4) is 0 Å². The van der Waals surface area contributed by atoms with Gasteiger partial charge in [0.2, 0.25) is 0 Å². The molecular weight excluding hydrogens is 260 g/mol. The SMILES string of the molecule is Cc1ccc(CNC(=O)NC2CCCC2(C)CO)s1. The first-order chi connectivity index (χ1) is 9.03. The third-order valence-electron chi connectivity index (χ3n) is 3.97. The molecule has 1 saturated carbocycles. The van der Waals surface area contributed by atoms with Crippen molar-refractivity contribution in [2.75, 3.05) is 6.61 Å². The van der Waals surface area contributed by atoms with Gasteiger partial charge in [-0.15, -0.1) is 11.3 Å². The Bertz CT molecular complexity index is 446. The van der Waals surface area contributed by atoms with E-state index in [1.54, 1.807) is 11.3 Å². The van der Waals surface area contributed by atoms with Crippen LogP contribution >= 0.6 is 11.3 Å². The minimum absolute atomic E-state index is 0.0718. The molecule has 1 heterocycles. The fourth-order valence-electron chi connectivity index (χ4n) is 2.63. The predicted octanol–water partition coefficient (Wildman–Crippen LogP) is 2.41. The number of carbonyl (C=O) groups excluding carboxylic acids is 1. The Balaban J connectivity index is 1.81. The molecule has 2 amide bonds. The molecular formula is C14H22N2O2S. The third-order valence-corrected chi connectivity index (χ3v) is 4.97. The summed E-state index contributed by atoms with van der Waals surface area (Å²) in [5.41, 5.74) is -0.170. The van der Waals surface area contributed by atoms with Crippen molar-refractivity contribution in [1.29, 1.82) is 0 Å². The van der Waals surface area contributed by atoms with Gasteiger partial charge in [0.15, 0.2) is 0 Å². The lowest BCUT2D eigenvalue weighted by atomic mass is 9.86. The largest absolute Gasteiger partial charge is 0.396 e. The molecule has 1 fully saturated rings. The molecule has 0 aliphatic heterocycles. The number of nitrogens with one attached hydrogen (secondary N) is 2. The number of aliphatic hydroxyl groups excluding tert-OH is 1. The van der Waals surface area contributed by atoms with Crippen LogP contribution in [0.4, 0.5) is 4.79 Å². The number of thiophene rings is 1. The van der Waals surface area contributed by atoms with Gasteiger partial charge in [0, 0.05) is 21.2 Å². The molecule has 0 spiro atoms. The highest BCUT2D eigenvalue weighted by molar-refractivity contribution is 7.11. The Hall–Kier alpha value is -1.07. The van der Waals surface area contributed by atoms with E-state index in [-0.39, 0.29) is 24.1 Å². The number of rotatable bonds is 4. The zero-order valence-corrected chi connectivity index (χ0v) is 12.3. The standard InChI is InChI=1S/C14H22N2O2S/c1-10-5-6-11(19-10)8-15-13(18)16-12-4-3-7-14(12,2)9-17/h5-6,12,17H,3-4,7-9H2,1-2H3,(H2,15,16,18). The topological polar surface area (TPSA) is 61.4 Å². The van der Waals surface area contributed by atoms with Crippen LogP contribution in [0.1, 0.15) is 35.9 Å². The van der Waals surface area contributed by atoms with Gasteiger partial charge >= 0.3 is 6.03 Å². The summed E-state index contributed by atoms with van der Waals surface area (Å²) in [4.78, 5) is 14.3. The lowest BCUT2D eigenvalue weighted by molar-refractivity contribution is 0.121. The highest BCUT2D eigenvalue weighted by Gasteiger charge is 2.39. The maximum Gasteiger partial charge on any atom is 0.315 e. The maximum atomic E-state index is 11.9. The molecule has 19 heavy (non-hydrogen) atoms. The zero-order chi connectivity index (χ0) is 13.9. The molecule has 1 aliphatic rings. The first-order valence-corrected chi connectivity index (χ1v) is 7.56. The molecule has 0 aromatic carbocycles. The lowest BCUT2D eigenvalue weighted by Gasteiger charge is -2.30. The molecule has 1 aromatic heterocycles. The van der Waals surface area contributed by atoms with Crippen molar-refractivity contribution in [3.63, 3.8) is 0 Å². The monoisotopic (exact) mass is 282 g/mol. The molecule has 2 unspecified atom stereocenters. The van der Waals surface area contributed by atoms with Crippen LogP contribution in [-0.4, -0.2) is 23.8 Å². The van der Waals surface area contributed by atoms with Crippen LogP contribution in [0.15, 0.2) is 12.1 Å². The summed E-state index contributed by atoms with van der Waals surface area (Å²) in [6.07, 6.45) is 2.98. The number of hydrogen-bond donors (Lipinski definition) is 3. The van der Waals surface area contributed by atoms with Crippen LogP contribution < -0.4 is 10.6 Å². The second-order valence-electron chi connectivity index (χ2n) is 5.60. The van der Waals surface area contributed by atoms with Crippen molar-refractivity contribution in [3.05, 3.63) is 21.9 Å². The van der Waals surface area contributed by atoms with Gasteiger partial charge in [0.1, 0.15) is 0 Å². The Kier molecular flexibility index (Phi) is 4.47. The smallest absolute Gasteiger partial charge is 0.315 e. The van der Waals surface area contributed by atoms with E-state index in [9.17, 15) is 9.90 Å². The molecule has 4 nitrogen and oxygen atoms in total. The van der Waals surface area contributed by atoms with E-state index in [1.807, 2.05) is 13.0 Å². The molecule has 3 N–H and O–H groups in total. The number of carbonyl (C=O) groups is 1. The van der Waals surface area contributed by atoms with Gasteiger partial charge in [-0.2, -0.15) is 0 Å². The zero-order valence-electron chi connectivity index (χ0n) is 11.5. The first-order valence-electron chi connectivity index (χ1n) is 6.74. The van der Waals surface area contributed by atoms with Crippen LogP contribution in [0.5, 0.6) is 0 Å². The summed E-state index contributed by atoms with van der Waals surface area (Å²) in [6.45, 7) is 4.78. The van der Waals surface area contributed by atoms with Crippen molar-refractivity contribution in [2.24, 2.45) is 5.41 Å². The van der Waals surface area contributed by atoms with Crippen molar-refractivity contribution in [1.82, 2.24) is 10.6 Å². The van der Waals surface area contributed by atoms with Crippen molar-refractivity contribution >= 4 is 17.4 Å². The summed E-state index contributed by atoms with van der Waals surface area (Å²) in [6, 6.07) is 4.02. The molecule has 0 bridgehead atoms. The minimum Gasteiger partial charge on any atom is -0.396 e. The second-order valence-corrected chi connectivity index (χ2v) is 6.97. The molecule has 0 saturated heterocycles. The van der Waals surface area contributed by atoms with Crippen LogP contribution in [-0.2, 0) is 6.54 Å². The van der Waals surface area contributed by atoms with Crippen LogP contribution in [0.3, 0.4) is 0 Å². The van der Waals surface area contributed by atoms with Gasteiger partial charge in [0.05, 0.1) is 13.2 Å². The third kappa shape index (κ3) is 3.48. The fraction of sp³-hybridized carbons (Fsp3) is 0.643. The van der Waals surface area contributed by atoms with Gasteiger partial charge in [-0.1, -0.05) is 13.3 Å². The van der Waals surface area contributed by atoms with Gasteiger partial charge in [0.25, 0.3) is 0 Å². The van der Waals surface area contributed by atoms with Crippen LogP contribution in [0, 0.1) is 12.3 Å². The molecule has 1 aromatic rings. The van der Waals surface area contributed by atoms with Gasteiger partial charge < -0.3 is 15.7 Å². The van der Waals surface area contributed by atoms with E-state index in [2.05, 4.69) is 23.6 Å². The fourth-order valence-corrected chi connectivity index (χ4v) is 3.46. The van der Waals surface area contributed by atoms with E-state index < -0.39 is 0 Å². The van der Waals surface area contributed by atoms with E-state index >= 15 is 0 Å². The molecule has 2 atom stereocenters. The van der Waals surface area contributed by atoms with Crippen molar-refractivity contribution in [2.45, 2.75) is 45.7 Å². The van der Waals surface area contributed by atoms with Gasteiger partial charge in [-0.25, -0.2) is 4.79 Å². The predicted molar refractivity (Wildman–Crippen MR) is 77.3 cm³/mol. The highest BCUT2D eigenvalue weighted by atomic mass is 32.1. The number of amides is 2. The quantitative estimate of drug-likeness (QED) is 0.794. The Morgan fingerprint density at radius 3 is 3.00 bits per heavy atom. The number of aryl methyl sites for hydroxylation is 1. The molecule has 106 valence electrons. The average molecular weight is 282 g/mol. The molecule has 0 radical (unpaired) electrons. The summed E-state index contributed by atoms with van der Waals surface area (Å²) < 4.78 is 0. The Morgan fingerprint density at radius 2 is 2.37 bits per heavy atom. The normalized spacial score (nSPS) is 26.4. The van der Waals surface area contributed by atoms with E-state index in [4.69, 9.17) is 0 Å². The lowest BCUT2D eigenvalue weighted by Crippen LogP contribution is -2.48. The Morgan fingerprint density at radius 1 is 1.58 bits per heavy atom. The number of urea groups is 1. The van der Waals surface area contributed by atoms with Crippen molar-refractivity contribution < 1.29 is 9.90 Å². The van der Waals surface area contributed by atoms with E-state index in [0.717, 1.165) is 24.1 Å². The number of hydrogen-bond acceptors (Lipinski definition) is 3. The van der Waals surface area contributed by atoms with Crippen LogP contribution in [0.2, 0.25) is 0 Å². The minimum atomic E-state index is -0.170. The molecule has 2 rings (SSSR count). The first kappa shape index (κ1) is 14.3. The average Bonchev–Trinajstić information content (AvgIpc) is 2.95. The molecule has 1 aliphatic carbocycles. The Labute approximate surface area is 118 Å². The second kappa shape index (κ2) is 5.92. The molecule has 5 heteroatoms.